The number of rotatable bonds is 11. The lowest BCUT2D eigenvalue weighted by atomic mass is 9.72. The number of carboxylic acid groups (broad SMARTS) is 1. The van der Waals surface area contributed by atoms with Gasteiger partial charge < -0.3 is 23.9 Å². The van der Waals surface area contributed by atoms with Crippen molar-refractivity contribution in [3.05, 3.63) is 89.1 Å². The Morgan fingerprint density at radius 1 is 0.967 bits per heavy atom. The standard InChI is InChI=1S/C47H49N7O6/c1-28-35(8-6-9-36(28)45-50-40-17-30(16-32(20-48)44(40)60-45)22-51(3)33-14-12-31(13-15-33)46(56)57)37-10-7-11-41-38(37)21-49-54(41)34-18-42(58-4)39(43(19-34)59-5)23-52-24-47(25-52)26-53(27-47)29(2)55/h6-11,16-19,21,31,33H,12-15,22-27H2,1-5H3,(H,56,57). The molecule has 0 radical (unpaired) electrons. The number of carbonyl (C=O) groups is 2. The van der Waals surface area contributed by atoms with Gasteiger partial charge in [-0.3, -0.25) is 19.4 Å². The first-order valence-corrected chi connectivity index (χ1v) is 20.5. The Morgan fingerprint density at radius 3 is 2.32 bits per heavy atom. The van der Waals surface area contributed by atoms with E-state index in [2.05, 4.69) is 48.0 Å². The average Bonchev–Trinajstić information content (AvgIpc) is 3.86. The molecule has 13 heteroatoms. The van der Waals surface area contributed by atoms with Crippen LogP contribution in [0.2, 0.25) is 0 Å². The van der Waals surface area contributed by atoms with Gasteiger partial charge in [0.1, 0.15) is 23.1 Å². The Morgan fingerprint density at radius 2 is 1.65 bits per heavy atom. The van der Waals surface area contributed by atoms with Crippen LogP contribution in [0, 0.1) is 29.6 Å². The SMILES string of the molecule is COc1cc(-n2ncc3c(-c4cccc(-c5nc6cc(CN(C)C7CCC(C(=O)O)CC7)cc(C#N)c6o5)c4C)cccc32)cc(OC)c1CN1CC2(C1)CN(C(C)=O)C2. The van der Waals surface area contributed by atoms with E-state index >= 15 is 0 Å². The first kappa shape index (κ1) is 39.2. The summed E-state index contributed by atoms with van der Waals surface area (Å²) in [5.41, 5.74) is 9.23. The van der Waals surface area contributed by atoms with Gasteiger partial charge in [-0.25, -0.2) is 9.67 Å². The van der Waals surface area contributed by atoms with E-state index in [1.165, 1.54) is 0 Å². The van der Waals surface area contributed by atoms with Crippen LogP contribution >= 0.6 is 0 Å². The number of aliphatic carboxylic acids is 1. The van der Waals surface area contributed by atoms with Crippen molar-refractivity contribution in [2.75, 3.05) is 47.4 Å². The van der Waals surface area contributed by atoms with Gasteiger partial charge in [-0.05, 0) is 86.2 Å². The predicted octanol–water partition coefficient (Wildman–Crippen LogP) is 7.44. The summed E-state index contributed by atoms with van der Waals surface area (Å²) in [6.45, 7) is 8.52. The van der Waals surface area contributed by atoms with Crippen LogP contribution in [0.1, 0.15) is 54.9 Å². The van der Waals surface area contributed by atoms with Crippen molar-refractivity contribution in [1.29, 1.82) is 5.26 Å². The molecule has 0 bridgehead atoms. The third-order valence-electron chi connectivity index (χ3n) is 13.1. The molecule has 2 saturated heterocycles. The first-order chi connectivity index (χ1) is 29.0. The van der Waals surface area contributed by atoms with Crippen molar-refractivity contribution in [3.8, 4) is 45.8 Å². The second kappa shape index (κ2) is 15.4. The highest BCUT2D eigenvalue weighted by molar-refractivity contribution is 5.97. The fraction of sp³-hybridized carbons (Fsp3) is 0.383. The smallest absolute Gasteiger partial charge is 0.306 e. The van der Waals surface area contributed by atoms with Gasteiger partial charge in [-0.1, -0.05) is 24.3 Å². The molecule has 3 aliphatic rings. The molecule has 2 aliphatic heterocycles. The van der Waals surface area contributed by atoms with Crippen molar-refractivity contribution in [3.63, 3.8) is 0 Å². The Bertz CT molecular complexity index is 2660. The van der Waals surface area contributed by atoms with Gasteiger partial charge in [0.05, 0.1) is 48.7 Å². The molecule has 308 valence electrons. The Labute approximate surface area is 348 Å². The highest BCUT2D eigenvalue weighted by atomic mass is 16.5. The van der Waals surface area contributed by atoms with Crippen LogP contribution in [-0.2, 0) is 22.7 Å². The molecule has 13 nitrogen and oxygen atoms in total. The zero-order valence-electron chi connectivity index (χ0n) is 34.7. The van der Waals surface area contributed by atoms with Crippen molar-refractivity contribution in [1.82, 2.24) is 29.5 Å². The predicted molar refractivity (Wildman–Crippen MR) is 227 cm³/mol. The quantitative estimate of drug-likeness (QED) is 0.139. The van der Waals surface area contributed by atoms with Crippen LogP contribution in [-0.4, -0.2) is 99.9 Å². The van der Waals surface area contributed by atoms with E-state index in [0.717, 1.165) is 100 Å². The monoisotopic (exact) mass is 807 g/mol. The normalized spacial score (nSPS) is 18.7. The van der Waals surface area contributed by atoms with E-state index in [1.54, 1.807) is 21.1 Å². The molecular weight excluding hydrogens is 759 g/mol. The molecule has 6 aromatic rings. The summed E-state index contributed by atoms with van der Waals surface area (Å²) in [7, 11) is 5.42. The minimum Gasteiger partial charge on any atom is -0.496 e. The number of oxazole rings is 1. The molecule has 2 aromatic heterocycles. The molecule has 0 atom stereocenters. The minimum atomic E-state index is -0.706. The van der Waals surface area contributed by atoms with E-state index in [9.17, 15) is 20.0 Å². The lowest BCUT2D eigenvalue weighted by Gasteiger charge is -2.60. The molecule has 1 spiro atoms. The number of nitriles is 1. The fourth-order valence-electron chi connectivity index (χ4n) is 9.88. The number of benzene rings is 4. The van der Waals surface area contributed by atoms with Crippen LogP contribution in [0.25, 0.3) is 50.3 Å². The molecule has 1 N–H and O–H groups in total. The molecule has 9 rings (SSSR count). The van der Waals surface area contributed by atoms with Crippen LogP contribution in [0.3, 0.4) is 0 Å². The summed E-state index contributed by atoms with van der Waals surface area (Å²) in [5.74, 6) is 1.07. The highest BCUT2D eigenvalue weighted by Crippen LogP contribution is 2.43. The maximum atomic E-state index is 11.8. The van der Waals surface area contributed by atoms with Gasteiger partial charge in [0.25, 0.3) is 0 Å². The Kier molecular flexibility index (Phi) is 10.1. The summed E-state index contributed by atoms with van der Waals surface area (Å²) in [5, 5.41) is 25.4. The topological polar surface area (TPSA) is 150 Å². The van der Waals surface area contributed by atoms with Crippen molar-refractivity contribution in [2.45, 2.75) is 58.7 Å². The number of ether oxygens (including phenoxy) is 2. The Balaban J connectivity index is 0.979. The van der Waals surface area contributed by atoms with E-state index in [0.29, 0.717) is 48.5 Å². The van der Waals surface area contributed by atoms with Gasteiger partial charge in [-0.2, -0.15) is 10.4 Å². The third-order valence-corrected chi connectivity index (χ3v) is 13.1. The molecule has 4 aromatic carbocycles. The molecule has 4 heterocycles. The summed E-state index contributed by atoms with van der Waals surface area (Å²) in [6, 6.07) is 22.8. The molecule has 1 amide bonds. The Hall–Kier alpha value is -6.23. The molecule has 0 unspecified atom stereocenters. The van der Waals surface area contributed by atoms with E-state index in [1.807, 2.05) is 58.2 Å². The van der Waals surface area contributed by atoms with Gasteiger partial charge in [0, 0.05) is 80.7 Å². The summed E-state index contributed by atoms with van der Waals surface area (Å²) in [6.07, 6.45) is 4.92. The van der Waals surface area contributed by atoms with Gasteiger partial charge >= 0.3 is 5.97 Å². The zero-order valence-corrected chi connectivity index (χ0v) is 34.7. The number of carbonyl (C=O) groups excluding carboxylic acids is 1. The number of hydrogen-bond donors (Lipinski definition) is 1. The lowest BCUT2D eigenvalue weighted by Crippen LogP contribution is -2.72. The number of fused-ring (bicyclic) bond motifs is 2. The minimum absolute atomic E-state index is 0.140. The maximum absolute atomic E-state index is 11.8. The summed E-state index contributed by atoms with van der Waals surface area (Å²) < 4.78 is 20.2. The molecule has 3 fully saturated rings. The first-order valence-electron chi connectivity index (χ1n) is 20.5. The summed E-state index contributed by atoms with van der Waals surface area (Å²) >= 11 is 0. The lowest BCUT2D eigenvalue weighted by molar-refractivity contribution is -0.157. The van der Waals surface area contributed by atoms with E-state index in [-0.39, 0.29) is 23.3 Å². The molecular formula is C47H49N7O6. The zero-order chi connectivity index (χ0) is 41.9. The molecule has 60 heavy (non-hydrogen) atoms. The fourth-order valence-corrected chi connectivity index (χ4v) is 9.88. The van der Waals surface area contributed by atoms with E-state index in [4.69, 9.17) is 24.0 Å². The van der Waals surface area contributed by atoms with Gasteiger partial charge in [-0.15, -0.1) is 0 Å². The van der Waals surface area contributed by atoms with Crippen molar-refractivity contribution >= 4 is 33.9 Å². The second-order valence-electron chi connectivity index (χ2n) is 17.0. The van der Waals surface area contributed by atoms with Crippen LogP contribution in [0.15, 0.2) is 71.3 Å². The number of methoxy groups -OCH3 is 2. The van der Waals surface area contributed by atoms with Gasteiger partial charge in [0.2, 0.25) is 11.8 Å². The number of hydrogen-bond acceptors (Lipinski definition) is 10. The highest BCUT2D eigenvalue weighted by Gasteiger charge is 2.52. The number of amides is 1. The van der Waals surface area contributed by atoms with E-state index < -0.39 is 5.97 Å². The number of likely N-dealkylation sites (tertiary alicyclic amines) is 2. The van der Waals surface area contributed by atoms with Crippen LogP contribution < -0.4 is 9.47 Å². The number of aromatic nitrogens is 3. The van der Waals surface area contributed by atoms with Crippen molar-refractivity contribution < 1.29 is 28.6 Å². The second-order valence-corrected chi connectivity index (χ2v) is 17.0. The van der Waals surface area contributed by atoms with Crippen LogP contribution in [0.5, 0.6) is 11.5 Å². The van der Waals surface area contributed by atoms with Crippen LogP contribution in [0.4, 0.5) is 0 Å². The average molecular weight is 808 g/mol. The number of nitrogens with zero attached hydrogens (tertiary/aromatic N) is 7. The van der Waals surface area contributed by atoms with Gasteiger partial charge in [0.15, 0.2) is 5.58 Å². The largest absolute Gasteiger partial charge is 0.496 e. The summed E-state index contributed by atoms with van der Waals surface area (Å²) in [4.78, 5) is 34.7. The van der Waals surface area contributed by atoms with Crippen molar-refractivity contribution in [2.24, 2.45) is 11.3 Å². The molecule has 1 saturated carbocycles. The third kappa shape index (κ3) is 6.93. The maximum Gasteiger partial charge on any atom is 0.306 e. The number of carboxylic acids is 1. The molecule has 1 aliphatic carbocycles.